The van der Waals surface area contributed by atoms with E-state index in [0.717, 1.165) is 9.87 Å². The van der Waals surface area contributed by atoms with Crippen LogP contribution >= 0.6 is 11.6 Å². The highest BCUT2D eigenvalue weighted by molar-refractivity contribution is 7.92. The molecule has 0 bridgehead atoms. The van der Waals surface area contributed by atoms with Crippen LogP contribution in [0.15, 0.2) is 71.6 Å². The van der Waals surface area contributed by atoms with E-state index in [9.17, 15) is 17.6 Å². The van der Waals surface area contributed by atoms with E-state index in [1.807, 2.05) is 51.7 Å². The number of nitrogens with zero attached hydrogens (tertiary/aromatic N) is 5. The van der Waals surface area contributed by atoms with Crippen molar-refractivity contribution >= 4 is 45.1 Å². The van der Waals surface area contributed by atoms with E-state index in [1.54, 1.807) is 41.3 Å². The lowest BCUT2D eigenvalue weighted by molar-refractivity contribution is -0.130. The molecule has 5 rings (SSSR count). The summed E-state index contributed by atoms with van der Waals surface area (Å²) < 4.78 is 48.8. The Bertz CT molecular complexity index is 1720. The summed E-state index contributed by atoms with van der Waals surface area (Å²) in [5, 5.41) is 0.149. The number of rotatable bonds is 3. The van der Waals surface area contributed by atoms with Gasteiger partial charge in [0.15, 0.2) is 11.7 Å². The molecule has 1 fully saturated rings. The Morgan fingerprint density at radius 2 is 1.71 bits per heavy atom. The Labute approximate surface area is 251 Å². The van der Waals surface area contributed by atoms with Crippen LogP contribution in [0.4, 0.5) is 15.9 Å². The van der Waals surface area contributed by atoms with E-state index >= 15 is 0 Å². The van der Waals surface area contributed by atoms with Crippen LogP contribution in [0.2, 0.25) is 5.02 Å². The number of halogens is 2. The first-order valence-electron chi connectivity index (χ1n) is 13.6. The molecule has 1 aromatic heterocycles. The molecule has 8 nitrogen and oxygen atoms in total. The highest BCUT2D eigenvalue weighted by Gasteiger charge is 2.42. The second kappa shape index (κ2) is 10.8. The van der Waals surface area contributed by atoms with Crippen molar-refractivity contribution in [2.75, 3.05) is 17.4 Å². The normalized spacial score (nSPS) is 20.2. The van der Waals surface area contributed by atoms with Crippen LogP contribution in [0.25, 0.3) is 11.3 Å². The lowest BCUT2D eigenvalue weighted by Crippen LogP contribution is -2.60. The molecule has 2 aliphatic rings. The minimum Gasteiger partial charge on any atom is -0.349 e. The molecule has 2 aliphatic heterocycles. The lowest BCUT2D eigenvalue weighted by Gasteiger charge is -2.46. The fourth-order valence-electron chi connectivity index (χ4n) is 5.53. The van der Waals surface area contributed by atoms with Crippen molar-refractivity contribution in [3.8, 4) is 11.3 Å². The number of pyridine rings is 1. The maximum atomic E-state index is 15.0. The molecule has 0 radical (unpaired) electrons. The third-order valence-corrected chi connectivity index (χ3v) is 9.12. The molecule has 11 heteroatoms. The number of amidine groups is 1. The number of carbonyl (C=O) groups is 1. The minimum atomic E-state index is -4.39. The van der Waals surface area contributed by atoms with Gasteiger partial charge in [-0.3, -0.25) is 4.79 Å². The first kappa shape index (κ1) is 29.7. The Balaban J connectivity index is 1.76. The van der Waals surface area contributed by atoms with Gasteiger partial charge in [0.2, 0.25) is 5.91 Å². The fourth-order valence-corrected chi connectivity index (χ4v) is 7.05. The molecular formula is C31H33ClFN5O3S. The van der Waals surface area contributed by atoms with Gasteiger partial charge in [0.05, 0.1) is 22.0 Å². The van der Waals surface area contributed by atoms with Gasteiger partial charge < -0.3 is 9.80 Å². The summed E-state index contributed by atoms with van der Waals surface area (Å²) in [7, 11) is -4.39. The molecule has 2 unspecified atom stereocenters. The lowest BCUT2D eigenvalue weighted by atomic mass is 9.86. The van der Waals surface area contributed by atoms with E-state index in [1.165, 1.54) is 12.1 Å². The fraction of sp³-hybridized carbons (Fsp3) is 0.323. The predicted octanol–water partition coefficient (Wildman–Crippen LogP) is 6.09. The molecule has 3 aromatic rings. The van der Waals surface area contributed by atoms with Crippen LogP contribution in [-0.4, -0.2) is 60.1 Å². The molecule has 0 N–H and O–H groups in total. The van der Waals surface area contributed by atoms with Crippen LogP contribution in [0.3, 0.4) is 0 Å². The van der Waals surface area contributed by atoms with Gasteiger partial charge in [0.1, 0.15) is 5.82 Å². The number of amides is 1. The highest BCUT2D eigenvalue weighted by atomic mass is 35.5. The predicted molar refractivity (Wildman–Crippen MR) is 165 cm³/mol. The summed E-state index contributed by atoms with van der Waals surface area (Å²) in [6, 6.07) is 14.3. The van der Waals surface area contributed by atoms with Crippen LogP contribution in [-0.2, 0) is 20.4 Å². The molecule has 2 atom stereocenters. The van der Waals surface area contributed by atoms with Crippen molar-refractivity contribution in [2.24, 2.45) is 4.40 Å². The second-order valence-electron chi connectivity index (χ2n) is 11.6. The third-order valence-electron chi connectivity index (χ3n) is 7.60. The number of para-hydroxylation sites is 1. The third kappa shape index (κ3) is 5.18. The van der Waals surface area contributed by atoms with Crippen molar-refractivity contribution in [3.63, 3.8) is 0 Å². The number of piperazine rings is 1. The average Bonchev–Trinajstić information content (AvgIpc) is 2.93. The van der Waals surface area contributed by atoms with Crippen molar-refractivity contribution in [1.82, 2.24) is 14.8 Å². The smallest absolute Gasteiger partial charge is 0.349 e. The van der Waals surface area contributed by atoms with Crippen molar-refractivity contribution < 1.29 is 17.6 Å². The van der Waals surface area contributed by atoms with E-state index in [-0.39, 0.29) is 45.9 Å². The topological polar surface area (TPSA) is 86.2 Å². The SMILES string of the molecule is C=CC(=O)N1CC(C)N(C2=NS(=O)(=O)N(c3ccccc3C(C)(C)C)c3nc(-c4ccccc4F)c(Cl)cc32)CC1C. The van der Waals surface area contributed by atoms with Crippen LogP contribution < -0.4 is 4.31 Å². The summed E-state index contributed by atoms with van der Waals surface area (Å²) in [4.78, 5) is 20.8. The summed E-state index contributed by atoms with van der Waals surface area (Å²) >= 11 is 6.75. The van der Waals surface area contributed by atoms with Gasteiger partial charge in [-0.25, -0.2) is 13.7 Å². The van der Waals surface area contributed by atoms with Gasteiger partial charge >= 0.3 is 10.2 Å². The molecule has 0 saturated carbocycles. The zero-order chi connectivity index (χ0) is 30.6. The second-order valence-corrected chi connectivity index (χ2v) is 13.5. The zero-order valence-electron chi connectivity index (χ0n) is 24.2. The summed E-state index contributed by atoms with van der Waals surface area (Å²) in [6.45, 7) is 14.0. The van der Waals surface area contributed by atoms with Crippen molar-refractivity contribution in [2.45, 2.75) is 52.1 Å². The Hall–Kier alpha value is -3.76. The molecule has 1 amide bonds. The molecule has 2 aromatic carbocycles. The first-order chi connectivity index (χ1) is 19.7. The van der Waals surface area contributed by atoms with E-state index in [2.05, 4.69) is 11.0 Å². The van der Waals surface area contributed by atoms with Gasteiger partial charge in [0.25, 0.3) is 0 Å². The molecular weight excluding hydrogens is 577 g/mol. The zero-order valence-corrected chi connectivity index (χ0v) is 25.7. The molecule has 220 valence electrons. The maximum Gasteiger partial charge on any atom is 0.352 e. The number of hydrogen-bond donors (Lipinski definition) is 0. The number of benzene rings is 2. The average molecular weight is 610 g/mol. The molecule has 0 spiro atoms. The Morgan fingerprint density at radius 1 is 1.05 bits per heavy atom. The molecule has 3 heterocycles. The summed E-state index contributed by atoms with van der Waals surface area (Å²) in [5.74, 6) is -0.485. The van der Waals surface area contributed by atoms with Crippen LogP contribution in [0.1, 0.15) is 45.7 Å². The Kier molecular flexibility index (Phi) is 7.66. The van der Waals surface area contributed by atoms with E-state index in [4.69, 9.17) is 16.6 Å². The monoisotopic (exact) mass is 609 g/mol. The summed E-state index contributed by atoms with van der Waals surface area (Å²) in [5.41, 5.74) is 1.39. The van der Waals surface area contributed by atoms with E-state index < -0.39 is 21.4 Å². The number of hydrogen-bond acceptors (Lipinski definition) is 5. The van der Waals surface area contributed by atoms with Gasteiger partial charge in [-0.05, 0) is 55.2 Å². The Morgan fingerprint density at radius 3 is 2.38 bits per heavy atom. The molecule has 42 heavy (non-hydrogen) atoms. The minimum absolute atomic E-state index is 0.0730. The van der Waals surface area contributed by atoms with Gasteiger partial charge in [0, 0.05) is 30.7 Å². The number of fused-ring (bicyclic) bond motifs is 1. The standard InChI is InChI=1S/C31H33ClFN5O3S/c1-7-27(39)36-17-20(3)37(18-19(36)2)30-22-16-24(32)28(21-12-8-10-14-25(21)33)34-29(22)38(42(40,41)35-30)26-15-11-9-13-23(26)31(4,5)6/h7-16,19-20H,1,17-18H2,2-6H3. The number of aromatic nitrogens is 1. The largest absolute Gasteiger partial charge is 0.352 e. The molecule has 1 saturated heterocycles. The maximum absolute atomic E-state index is 15.0. The van der Waals surface area contributed by atoms with Gasteiger partial charge in [-0.1, -0.05) is 69.3 Å². The number of carbonyl (C=O) groups excluding carboxylic acids is 1. The van der Waals surface area contributed by atoms with E-state index in [0.29, 0.717) is 24.3 Å². The van der Waals surface area contributed by atoms with Gasteiger partial charge in [-0.15, -0.1) is 4.40 Å². The summed E-state index contributed by atoms with van der Waals surface area (Å²) in [6.07, 6.45) is 1.27. The van der Waals surface area contributed by atoms with Crippen LogP contribution in [0.5, 0.6) is 0 Å². The van der Waals surface area contributed by atoms with Crippen LogP contribution in [0, 0.1) is 5.82 Å². The van der Waals surface area contributed by atoms with Crippen molar-refractivity contribution in [3.05, 3.63) is 89.2 Å². The highest BCUT2D eigenvalue weighted by Crippen LogP contribution is 2.44. The first-order valence-corrected chi connectivity index (χ1v) is 15.4. The van der Waals surface area contributed by atoms with Crippen molar-refractivity contribution in [1.29, 1.82) is 0 Å². The van der Waals surface area contributed by atoms with Gasteiger partial charge in [-0.2, -0.15) is 8.42 Å². The number of anilines is 2. The molecule has 0 aliphatic carbocycles. The quantitative estimate of drug-likeness (QED) is 0.336.